The van der Waals surface area contributed by atoms with Crippen molar-refractivity contribution in [3.05, 3.63) is 34.9 Å². The Labute approximate surface area is 129 Å². The van der Waals surface area contributed by atoms with Crippen molar-refractivity contribution in [1.82, 2.24) is 10.2 Å². The van der Waals surface area contributed by atoms with Crippen LogP contribution in [0.3, 0.4) is 0 Å². The number of nitrogens with zero attached hydrogens (tertiary/aromatic N) is 1. The van der Waals surface area contributed by atoms with Crippen LogP contribution in [0, 0.1) is 0 Å². The van der Waals surface area contributed by atoms with Crippen LogP contribution in [0.5, 0.6) is 0 Å². The summed E-state index contributed by atoms with van der Waals surface area (Å²) in [5.74, 6) is 0.273. The van der Waals surface area contributed by atoms with E-state index < -0.39 is 0 Å². The Balaban J connectivity index is 1.66. The summed E-state index contributed by atoms with van der Waals surface area (Å²) < 4.78 is 5.44. The summed E-state index contributed by atoms with van der Waals surface area (Å²) in [4.78, 5) is 14.9. The summed E-state index contributed by atoms with van der Waals surface area (Å²) in [5, 5.41) is 4.29. The third-order valence-corrected chi connectivity index (χ3v) is 5.11. The van der Waals surface area contributed by atoms with E-state index in [4.69, 9.17) is 16.3 Å². The SMILES string of the molecule is O=C1N(C2CCOCC2)C(c2ccc(Cl)cc2)NC12CC2. The maximum atomic E-state index is 12.8. The zero-order valence-electron chi connectivity index (χ0n) is 11.8. The molecule has 1 aromatic carbocycles. The minimum Gasteiger partial charge on any atom is -0.381 e. The third kappa shape index (κ3) is 2.26. The monoisotopic (exact) mass is 306 g/mol. The lowest BCUT2D eigenvalue weighted by Crippen LogP contribution is -2.43. The van der Waals surface area contributed by atoms with Crippen molar-refractivity contribution in [2.45, 2.75) is 43.4 Å². The number of benzene rings is 1. The first-order valence-corrected chi connectivity index (χ1v) is 8.01. The molecule has 112 valence electrons. The predicted molar refractivity (Wildman–Crippen MR) is 80.0 cm³/mol. The first-order chi connectivity index (χ1) is 10.2. The highest BCUT2D eigenvalue weighted by molar-refractivity contribution is 6.30. The number of ether oxygens (including phenoxy) is 1. The molecule has 2 saturated heterocycles. The van der Waals surface area contributed by atoms with Gasteiger partial charge in [0.2, 0.25) is 5.91 Å². The van der Waals surface area contributed by atoms with Gasteiger partial charge in [0.05, 0.1) is 0 Å². The minimum absolute atomic E-state index is 0.0274. The van der Waals surface area contributed by atoms with Crippen molar-refractivity contribution < 1.29 is 9.53 Å². The Morgan fingerprint density at radius 3 is 2.48 bits per heavy atom. The molecule has 21 heavy (non-hydrogen) atoms. The van der Waals surface area contributed by atoms with Crippen LogP contribution < -0.4 is 5.32 Å². The largest absolute Gasteiger partial charge is 0.381 e. The van der Waals surface area contributed by atoms with Gasteiger partial charge in [-0.1, -0.05) is 23.7 Å². The molecule has 5 heteroatoms. The molecule has 1 unspecified atom stereocenters. The zero-order chi connectivity index (χ0) is 14.4. The molecule has 0 aromatic heterocycles. The second-order valence-corrected chi connectivity index (χ2v) is 6.67. The van der Waals surface area contributed by atoms with E-state index >= 15 is 0 Å². The number of hydrogen-bond donors (Lipinski definition) is 1. The van der Waals surface area contributed by atoms with E-state index in [9.17, 15) is 4.79 Å². The van der Waals surface area contributed by atoms with Gasteiger partial charge in [0.15, 0.2) is 0 Å². The average molecular weight is 307 g/mol. The Hall–Kier alpha value is -1.10. The van der Waals surface area contributed by atoms with Gasteiger partial charge in [-0.25, -0.2) is 0 Å². The Morgan fingerprint density at radius 1 is 1.19 bits per heavy atom. The number of halogens is 1. The highest BCUT2D eigenvalue weighted by Gasteiger charge is 2.60. The first-order valence-electron chi connectivity index (χ1n) is 7.63. The summed E-state index contributed by atoms with van der Waals surface area (Å²) in [7, 11) is 0. The van der Waals surface area contributed by atoms with Crippen LogP contribution in [-0.4, -0.2) is 35.6 Å². The summed E-state index contributed by atoms with van der Waals surface area (Å²) in [6, 6.07) is 8.09. The van der Waals surface area contributed by atoms with Gasteiger partial charge in [0, 0.05) is 24.3 Å². The summed E-state index contributed by atoms with van der Waals surface area (Å²) in [6.45, 7) is 1.49. The van der Waals surface area contributed by atoms with Gasteiger partial charge >= 0.3 is 0 Å². The van der Waals surface area contributed by atoms with Crippen LogP contribution in [0.2, 0.25) is 5.02 Å². The molecule has 1 amide bonds. The summed E-state index contributed by atoms with van der Waals surface area (Å²) in [6.07, 6.45) is 3.73. The van der Waals surface area contributed by atoms with E-state index in [-0.39, 0.29) is 23.7 Å². The number of hydrogen-bond acceptors (Lipinski definition) is 3. The number of rotatable bonds is 2. The van der Waals surface area contributed by atoms with Crippen molar-refractivity contribution in [3.63, 3.8) is 0 Å². The maximum Gasteiger partial charge on any atom is 0.244 e. The third-order valence-electron chi connectivity index (χ3n) is 4.86. The van der Waals surface area contributed by atoms with Crippen LogP contribution in [0.25, 0.3) is 0 Å². The average Bonchev–Trinajstić information content (AvgIpc) is 3.23. The van der Waals surface area contributed by atoms with E-state index in [1.807, 2.05) is 24.3 Å². The molecule has 0 bridgehead atoms. The molecule has 4 rings (SSSR count). The Morgan fingerprint density at radius 2 is 1.86 bits per heavy atom. The van der Waals surface area contributed by atoms with Gasteiger partial charge in [-0.2, -0.15) is 0 Å². The fraction of sp³-hybridized carbons (Fsp3) is 0.562. The molecule has 1 atom stereocenters. The van der Waals surface area contributed by atoms with Gasteiger partial charge in [-0.05, 0) is 43.4 Å². The topological polar surface area (TPSA) is 41.6 Å². The Kier molecular flexibility index (Phi) is 3.21. The van der Waals surface area contributed by atoms with Crippen molar-refractivity contribution in [2.24, 2.45) is 0 Å². The molecule has 0 radical (unpaired) electrons. The Bertz CT molecular complexity index is 550. The van der Waals surface area contributed by atoms with E-state index in [2.05, 4.69) is 10.2 Å². The number of amides is 1. The molecule has 3 aliphatic rings. The molecule has 2 heterocycles. The van der Waals surface area contributed by atoms with Gasteiger partial charge in [0.25, 0.3) is 0 Å². The predicted octanol–water partition coefficient (Wildman–Crippen LogP) is 2.48. The lowest BCUT2D eigenvalue weighted by Gasteiger charge is -2.35. The summed E-state index contributed by atoms with van der Waals surface area (Å²) >= 11 is 5.98. The smallest absolute Gasteiger partial charge is 0.244 e. The molecule has 1 spiro atoms. The van der Waals surface area contributed by atoms with Gasteiger partial charge in [0.1, 0.15) is 11.7 Å². The van der Waals surface area contributed by atoms with Gasteiger partial charge in [-0.3, -0.25) is 10.1 Å². The second kappa shape index (κ2) is 4.97. The van der Waals surface area contributed by atoms with Gasteiger partial charge in [-0.15, -0.1) is 0 Å². The molecular weight excluding hydrogens is 288 g/mol. The van der Waals surface area contributed by atoms with E-state index in [1.165, 1.54) is 0 Å². The van der Waals surface area contributed by atoms with Crippen LogP contribution in [0.4, 0.5) is 0 Å². The van der Waals surface area contributed by atoms with E-state index in [0.29, 0.717) is 0 Å². The normalized spacial score (nSPS) is 28.3. The summed E-state index contributed by atoms with van der Waals surface area (Å²) in [5.41, 5.74) is 0.825. The lowest BCUT2D eigenvalue weighted by atomic mass is 10.0. The first kappa shape index (κ1) is 13.6. The van der Waals surface area contributed by atoms with Crippen molar-refractivity contribution in [2.75, 3.05) is 13.2 Å². The standard InChI is InChI=1S/C16H19ClN2O2/c17-12-3-1-11(2-4-12)14-18-16(7-8-16)15(20)19(14)13-5-9-21-10-6-13/h1-4,13-14,18H,5-10H2. The second-order valence-electron chi connectivity index (χ2n) is 6.24. The van der Waals surface area contributed by atoms with Crippen LogP contribution >= 0.6 is 11.6 Å². The van der Waals surface area contributed by atoms with Crippen molar-refractivity contribution >= 4 is 17.5 Å². The highest BCUT2D eigenvalue weighted by Crippen LogP contribution is 2.47. The highest BCUT2D eigenvalue weighted by atomic mass is 35.5. The number of carbonyl (C=O) groups is 1. The van der Waals surface area contributed by atoms with E-state index in [1.54, 1.807) is 0 Å². The van der Waals surface area contributed by atoms with Crippen LogP contribution in [0.1, 0.15) is 37.4 Å². The molecular formula is C16H19ClN2O2. The van der Waals surface area contributed by atoms with Crippen LogP contribution in [-0.2, 0) is 9.53 Å². The molecule has 2 aliphatic heterocycles. The van der Waals surface area contributed by atoms with Crippen molar-refractivity contribution in [1.29, 1.82) is 0 Å². The zero-order valence-corrected chi connectivity index (χ0v) is 12.6. The molecule has 3 fully saturated rings. The molecule has 1 saturated carbocycles. The number of carbonyl (C=O) groups excluding carboxylic acids is 1. The number of nitrogens with one attached hydrogen (secondary N) is 1. The maximum absolute atomic E-state index is 12.8. The van der Waals surface area contributed by atoms with Crippen molar-refractivity contribution in [3.8, 4) is 0 Å². The quantitative estimate of drug-likeness (QED) is 0.913. The fourth-order valence-electron chi connectivity index (χ4n) is 3.47. The lowest BCUT2D eigenvalue weighted by molar-refractivity contribution is -0.135. The molecule has 1 aliphatic carbocycles. The molecule has 1 aromatic rings. The molecule has 1 N–H and O–H groups in total. The molecule has 4 nitrogen and oxygen atoms in total. The fourth-order valence-corrected chi connectivity index (χ4v) is 3.60. The minimum atomic E-state index is -0.289. The van der Waals surface area contributed by atoms with E-state index in [0.717, 1.165) is 49.5 Å². The van der Waals surface area contributed by atoms with Gasteiger partial charge < -0.3 is 9.64 Å². The van der Waals surface area contributed by atoms with Crippen LogP contribution in [0.15, 0.2) is 24.3 Å².